The summed E-state index contributed by atoms with van der Waals surface area (Å²) < 4.78 is 5.25. The smallest absolute Gasteiger partial charge is 0.325 e. The zero-order valence-electron chi connectivity index (χ0n) is 15.1. The molecule has 1 atom stereocenters. The summed E-state index contributed by atoms with van der Waals surface area (Å²) in [5.41, 5.74) is 2.05. The minimum Gasteiger partial charge on any atom is -0.459 e. The highest BCUT2D eigenvalue weighted by atomic mass is 16.6. The number of hydrogen-bond donors (Lipinski definition) is 2. The quantitative estimate of drug-likeness (QED) is 0.497. The first-order chi connectivity index (χ1) is 10.7. The Morgan fingerprint density at radius 1 is 1.22 bits per heavy atom. The molecule has 2 N–H and O–H groups in total. The van der Waals surface area contributed by atoms with Crippen LogP contribution in [0.1, 0.15) is 44.7 Å². The Bertz CT molecular complexity index is 530. The van der Waals surface area contributed by atoms with Gasteiger partial charge in [0.25, 0.3) is 0 Å². The predicted molar refractivity (Wildman–Crippen MR) is 94.8 cm³/mol. The minimum absolute atomic E-state index is 0.0931. The van der Waals surface area contributed by atoms with E-state index >= 15 is 0 Å². The lowest BCUT2D eigenvalue weighted by molar-refractivity contribution is -0.153. The van der Waals surface area contributed by atoms with Crippen LogP contribution in [-0.2, 0) is 9.53 Å². The first-order valence-corrected chi connectivity index (χ1v) is 7.94. The number of carbonyl (C=O) groups excluding carboxylic acids is 1. The number of nitrogens with one attached hydrogen (secondary N) is 2. The van der Waals surface area contributed by atoms with Crippen molar-refractivity contribution in [2.24, 2.45) is 4.99 Å². The molecule has 0 heterocycles. The van der Waals surface area contributed by atoms with Crippen LogP contribution < -0.4 is 10.6 Å². The van der Waals surface area contributed by atoms with E-state index in [9.17, 15) is 4.79 Å². The van der Waals surface area contributed by atoms with Crippen molar-refractivity contribution in [2.75, 3.05) is 20.1 Å². The van der Waals surface area contributed by atoms with Crippen molar-refractivity contribution < 1.29 is 9.53 Å². The molecular formula is C18H29N3O2. The summed E-state index contributed by atoms with van der Waals surface area (Å²) in [5, 5.41) is 6.20. The van der Waals surface area contributed by atoms with Crippen LogP contribution >= 0.6 is 0 Å². The molecule has 0 aliphatic rings. The predicted octanol–water partition coefficient (Wildman–Crippen LogP) is 2.61. The van der Waals surface area contributed by atoms with Crippen LogP contribution in [-0.4, -0.2) is 37.7 Å². The Morgan fingerprint density at radius 2 is 1.83 bits per heavy atom. The van der Waals surface area contributed by atoms with Gasteiger partial charge in [-0.3, -0.25) is 9.79 Å². The standard InChI is InChI=1S/C18H29N3O2/c1-13-7-9-15(10-8-13)14(2)11-20-17(19-6)21-12-16(22)23-18(3,4)5/h7-10,14H,11-12H2,1-6H3,(H2,19,20,21). The Kier molecular flexibility index (Phi) is 7.07. The van der Waals surface area contributed by atoms with Crippen LogP contribution in [0.5, 0.6) is 0 Å². The molecule has 1 aromatic rings. The SMILES string of the molecule is CN=C(NCC(=O)OC(C)(C)C)NCC(C)c1ccc(C)cc1. The van der Waals surface area contributed by atoms with E-state index in [1.54, 1.807) is 7.05 Å². The summed E-state index contributed by atoms with van der Waals surface area (Å²) in [4.78, 5) is 15.8. The first-order valence-electron chi connectivity index (χ1n) is 7.94. The summed E-state index contributed by atoms with van der Waals surface area (Å²) >= 11 is 0. The Labute approximate surface area is 139 Å². The monoisotopic (exact) mass is 319 g/mol. The Morgan fingerprint density at radius 3 is 2.35 bits per heavy atom. The molecule has 0 spiro atoms. The Hall–Kier alpha value is -2.04. The molecule has 1 unspecified atom stereocenters. The zero-order valence-corrected chi connectivity index (χ0v) is 15.1. The molecule has 0 aromatic heterocycles. The largest absolute Gasteiger partial charge is 0.459 e. The highest BCUT2D eigenvalue weighted by Crippen LogP contribution is 2.14. The van der Waals surface area contributed by atoms with Crippen LogP contribution in [0.4, 0.5) is 0 Å². The van der Waals surface area contributed by atoms with Gasteiger partial charge in [-0.25, -0.2) is 0 Å². The molecule has 0 saturated carbocycles. The van der Waals surface area contributed by atoms with Crippen molar-refractivity contribution in [1.29, 1.82) is 0 Å². The fourth-order valence-corrected chi connectivity index (χ4v) is 2.02. The van der Waals surface area contributed by atoms with Gasteiger partial charge in [-0.15, -0.1) is 0 Å². The van der Waals surface area contributed by atoms with Gasteiger partial charge in [0.2, 0.25) is 0 Å². The van der Waals surface area contributed by atoms with E-state index in [1.165, 1.54) is 11.1 Å². The van der Waals surface area contributed by atoms with Crippen LogP contribution in [0.2, 0.25) is 0 Å². The van der Waals surface area contributed by atoms with Gasteiger partial charge in [0, 0.05) is 13.6 Å². The topological polar surface area (TPSA) is 62.7 Å². The summed E-state index contributed by atoms with van der Waals surface area (Å²) in [5.74, 6) is 0.637. The lowest BCUT2D eigenvalue weighted by Gasteiger charge is -2.20. The van der Waals surface area contributed by atoms with Crippen molar-refractivity contribution in [1.82, 2.24) is 10.6 Å². The third-order valence-corrected chi connectivity index (χ3v) is 3.27. The fraction of sp³-hybridized carbons (Fsp3) is 0.556. The number of nitrogens with zero attached hydrogens (tertiary/aromatic N) is 1. The van der Waals surface area contributed by atoms with E-state index in [1.807, 2.05) is 20.8 Å². The number of ether oxygens (including phenoxy) is 1. The van der Waals surface area contributed by atoms with Crippen LogP contribution in [0.15, 0.2) is 29.3 Å². The van der Waals surface area contributed by atoms with Gasteiger partial charge in [0.1, 0.15) is 12.1 Å². The fourth-order valence-electron chi connectivity index (χ4n) is 2.02. The summed E-state index contributed by atoms with van der Waals surface area (Å²) in [6.07, 6.45) is 0. The van der Waals surface area contributed by atoms with E-state index in [2.05, 4.69) is 53.7 Å². The van der Waals surface area contributed by atoms with E-state index in [0.717, 1.165) is 6.54 Å². The van der Waals surface area contributed by atoms with Gasteiger partial charge in [-0.2, -0.15) is 0 Å². The highest BCUT2D eigenvalue weighted by molar-refractivity contribution is 5.84. The number of aliphatic imine (C=N–C) groups is 1. The number of carbonyl (C=O) groups is 1. The maximum atomic E-state index is 11.7. The molecule has 23 heavy (non-hydrogen) atoms. The molecule has 5 nitrogen and oxygen atoms in total. The maximum absolute atomic E-state index is 11.7. The van der Waals surface area contributed by atoms with Crippen molar-refractivity contribution in [2.45, 2.75) is 46.1 Å². The lowest BCUT2D eigenvalue weighted by Crippen LogP contribution is -2.42. The van der Waals surface area contributed by atoms with Crippen molar-refractivity contribution in [3.8, 4) is 0 Å². The molecule has 0 aliphatic heterocycles. The second-order valence-electron chi connectivity index (χ2n) is 6.70. The number of esters is 1. The van der Waals surface area contributed by atoms with Gasteiger partial charge in [-0.05, 0) is 39.2 Å². The number of benzene rings is 1. The normalized spacial score (nSPS) is 13.4. The number of aryl methyl sites for hydroxylation is 1. The van der Waals surface area contributed by atoms with Crippen molar-refractivity contribution >= 4 is 11.9 Å². The number of rotatable bonds is 5. The van der Waals surface area contributed by atoms with Crippen molar-refractivity contribution in [3.05, 3.63) is 35.4 Å². The maximum Gasteiger partial charge on any atom is 0.325 e. The van der Waals surface area contributed by atoms with E-state index in [0.29, 0.717) is 11.9 Å². The van der Waals surface area contributed by atoms with Crippen LogP contribution in [0.25, 0.3) is 0 Å². The Balaban J connectivity index is 2.42. The summed E-state index contributed by atoms with van der Waals surface area (Å²) in [7, 11) is 1.68. The average molecular weight is 319 g/mol. The number of hydrogen-bond acceptors (Lipinski definition) is 3. The molecule has 0 radical (unpaired) electrons. The van der Waals surface area contributed by atoms with E-state index in [-0.39, 0.29) is 12.5 Å². The first kappa shape index (κ1) is 19.0. The van der Waals surface area contributed by atoms with Crippen LogP contribution in [0, 0.1) is 6.92 Å². The average Bonchev–Trinajstić information content (AvgIpc) is 2.46. The molecule has 0 aliphatic carbocycles. The summed E-state index contributed by atoms with van der Waals surface area (Å²) in [6.45, 7) is 10.6. The molecule has 1 aromatic carbocycles. The number of guanidine groups is 1. The molecule has 0 amide bonds. The van der Waals surface area contributed by atoms with E-state index in [4.69, 9.17) is 4.74 Å². The molecule has 0 saturated heterocycles. The van der Waals surface area contributed by atoms with Crippen molar-refractivity contribution in [3.63, 3.8) is 0 Å². The second-order valence-corrected chi connectivity index (χ2v) is 6.70. The van der Waals surface area contributed by atoms with E-state index < -0.39 is 5.60 Å². The third kappa shape index (κ3) is 7.68. The molecule has 5 heteroatoms. The third-order valence-electron chi connectivity index (χ3n) is 3.27. The molecule has 0 fully saturated rings. The van der Waals surface area contributed by atoms with Gasteiger partial charge in [-0.1, -0.05) is 36.8 Å². The molecule has 1 rings (SSSR count). The van der Waals surface area contributed by atoms with Gasteiger partial charge < -0.3 is 15.4 Å². The highest BCUT2D eigenvalue weighted by Gasteiger charge is 2.16. The lowest BCUT2D eigenvalue weighted by atomic mass is 10.0. The molecule has 0 bridgehead atoms. The summed E-state index contributed by atoms with van der Waals surface area (Å²) in [6, 6.07) is 8.50. The minimum atomic E-state index is -0.477. The van der Waals surface area contributed by atoms with Crippen LogP contribution in [0.3, 0.4) is 0 Å². The molecule has 128 valence electrons. The van der Waals surface area contributed by atoms with Gasteiger partial charge >= 0.3 is 5.97 Å². The van der Waals surface area contributed by atoms with Gasteiger partial charge in [0.15, 0.2) is 5.96 Å². The molecular weight excluding hydrogens is 290 g/mol. The second kappa shape index (κ2) is 8.56. The zero-order chi connectivity index (χ0) is 17.5. The van der Waals surface area contributed by atoms with Gasteiger partial charge in [0.05, 0.1) is 0 Å².